The molecule has 2 N–H and O–H groups in total. The normalized spacial score (nSPS) is 12.4. The Morgan fingerprint density at radius 1 is 1.25 bits per heavy atom. The van der Waals surface area contributed by atoms with Gasteiger partial charge in [-0.15, -0.1) is 0 Å². The fourth-order valence-electron chi connectivity index (χ4n) is 1.55. The Kier molecular flexibility index (Phi) is 5.27. The standard InChI is InChI=1S/C12H16F3NO3S/c1-2-6-20(17,18)7-5-19-11-4-3-9(8-10(11)16)12(13,14)15/h3-4,8H,2,5-7,16H2,1H3. The van der Waals surface area contributed by atoms with E-state index in [-0.39, 0.29) is 29.5 Å². The second kappa shape index (κ2) is 6.34. The summed E-state index contributed by atoms with van der Waals surface area (Å²) in [5.74, 6) is -0.0927. The molecule has 0 aliphatic heterocycles. The van der Waals surface area contributed by atoms with E-state index in [1.54, 1.807) is 6.92 Å². The summed E-state index contributed by atoms with van der Waals surface area (Å²) in [4.78, 5) is 0. The van der Waals surface area contributed by atoms with Gasteiger partial charge in [-0.05, 0) is 24.6 Å². The van der Waals surface area contributed by atoms with E-state index < -0.39 is 21.6 Å². The first kappa shape index (κ1) is 16.6. The zero-order valence-electron chi connectivity index (χ0n) is 10.9. The quantitative estimate of drug-likeness (QED) is 0.820. The summed E-state index contributed by atoms with van der Waals surface area (Å²) in [6.07, 6.45) is -3.97. The molecule has 0 aliphatic carbocycles. The highest BCUT2D eigenvalue weighted by Crippen LogP contribution is 2.33. The Labute approximate surface area is 115 Å². The molecule has 0 amide bonds. The highest BCUT2D eigenvalue weighted by Gasteiger charge is 2.30. The van der Waals surface area contributed by atoms with E-state index in [1.807, 2.05) is 0 Å². The summed E-state index contributed by atoms with van der Waals surface area (Å²) < 4.78 is 65.2. The molecule has 0 saturated carbocycles. The maximum Gasteiger partial charge on any atom is 0.416 e. The van der Waals surface area contributed by atoms with Crippen LogP contribution in [0.1, 0.15) is 18.9 Å². The zero-order chi connectivity index (χ0) is 15.4. The van der Waals surface area contributed by atoms with Gasteiger partial charge >= 0.3 is 6.18 Å². The van der Waals surface area contributed by atoms with Crippen molar-refractivity contribution in [3.63, 3.8) is 0 Å². The van der Waals surface area contributed by atoms with Gasteiger partial charge in [0.2, 0.25) is 0 Å². The van der Waals surface area contributed by atoms with Crippen LogP contribution in [0.4, 0.5) is 18.9 Å². The Balaban J connectivity index is 2.67. The van der Waals surface area contributed by atoms with Crippen molar-refractivity contribution in [1.29, 1.82) is 0 Å². The van der Waals surface area contributed by atoms with E-state index in [4.69, 9.17) is 10.5 Å². The predicted molar refractivity (Wildman–Crippen MR) is 70.3 cm³/mol. The van der Waals surface area contributed by atoms with Gasteiger partial charge < -0.3 is 10.5 Å². The number of halogens is 3. The van der Waals surface area contributed by atoms with Crippen LogP contribution in [0.15, 0.2) is 18.2 Å². The third kappa shape index (κ3) is 4.92. The fraction of sp³-hybridized carbons (Fsp3) is 0.500. The highest BCUT2D eigenvalue weighted by atomic mass is 32.2. The maximum atomic E-state index is 12.4. The van der Waals surface area contributed by atoms with Gasteiger partial charge in [0.15, 0.2) is 9.84 Å². The van der Waals surface area contributed by atoms with E-state index in [9.17, 15) is 21.6 Å². The molecule has 114 valence electrons. The van der Waals surface area contributed by atoms with Crippen LogP contribution in [-0.4, -0.2) is 26.5 Å². The zero-order valence-corrected chi connectivity index (χ0v) is 11.7. The lowest BCUT2D eigenvalue weighted by atomic mass is 10.2. The first-order chi connectivity index (χ1) is 9.15. The molecule has 8 heteroatoms. The van der Waals surface area contributed by atoms with Crippen molar-refractivity contribution in [2.75, 3.05) is 23.8 Å². The van der Waals surface area contributed by atoms with Crippen LogP contribution in [-0.2, 0) is 16.0 Å². The van der Waals surface area contributed by atoms with E-state index in [1.165, 1.54) is 0 Å². The van der Waals surface area contributed by atoms with Crippen LogP contribution in [0, 0.1) is 0 Å². The number of nitrogen functional groups attached to an aromatic ring is 1. The van der Waals surface area contributed by atoms with E-state index in [0.717, 1.165) is 18.2 Å². The molecule has 0 aliphatic rings. The molecule has 0 spiro atoms. The number of nitrogens with two attached hydrogens (primary N) is 1. The molecule has 0 fully saturated rings. The van der Waals surface area contributed by atoms with Crippen molar-refractivity contribution in [3.05, 3.63) is 23.8 Å². The van der Waals surface area contributed by atoms with Gasteiger partial charge in [-0.3, -0.25) is 0 Å². The van der Waals surface area contributed by atoms with E-state index in [2.05, 4.69) is 0 Å². The second-order valence-corrected chi connectivity index (χ2v) is 6.55. The van der Waals surface area contributed by atoms with Crippen molar-refractivity contribution in [1.82, 2.24) is 0 Å². The number of benzene rings is 1. The Hall–Kier alpha value is -1.44. The summed E-state index contributed by atoms with van der Waals surface area (Å²) in [5, 5.41) is 0. The minimum absolute atomic E-state index is 0.0460. The topological polar surface area (TPSA) is 69.4 Å². The molecule has 1 aromatic rings. The van der Waals surface area contributed by atoms with Crippen molar-refractivity contribution in [3.8, 4) is 5.75 Å². The molecule has 0 heterocycles. The smallest absolute Gasteiger partial charge is 0.416 e. The third-order valence-electron chi connectivity index (χ3n) is 2.50. The van der Waals surface area contributed by atoms with Gasteiger partial charge in [-0.2, -0.15) is 13.2 Å². The van der Waals surface area contributed by atoms with E-state index in [0.29, 0.717) is 6.42 Å². The summed E-state index contributed by atoms with van der Waals surface area (Å²) >= 11 is 0. The fourth-order valence-corrected chi connectivity index (χ4v) is 2.71. The first-order valence-electron chi connectivity index (χ1n) is 5.95. The first-order valence-corrected chi connectivity index (χ1v) is 7.78. The number of hydrogen-bond acceptors (Lipinski definition) is 4. The van der Waals surface area contributed by atoms with Crippen molar-refractivity contribution in [2.45, 2.75) is 19.5 Å². The molecule has 20 heavy (non-hydrogen) atoms. The number of sulfone groups is 1. The van der Waals surface area contributed by atoms with Gasteiger partial charge in [0.25, 0.3) is 0 Å². The molecular weight excluding hydrogens is 295 g/mol. The second-order valence-electron chi connectivity index (χ2n) is 4.25. The molecule has 0 aromatic heterocycles. The van der Waals surface area contributed by atoms with E-state index >= 15 is 0 Å². The Morgan fingerprint density at radius 2 is 1.90 bits per heavy atom. The van der Waals surface area contributed by atoms with Crippen molar-refractivity contribution in [2.24, 2.45) is 0 Å². The summed E-state index contributed by atoms with van der Waals surface area (Å²) in [6, 6.07) is 2.69. The minimum atomic E-state index is -4.48. The van der Waals surface area contributed by atoms with Gasteiger partial charge in [-0.1, -0.05) is 6.92 Å². The summed E-state index contributed by atoms with van der Waals surface area (Å²) in [5.41, 5.74) is 4.40. The van der Waals surface area contributed by atoms with Gasteiger partial charge in [0.1, 0.15) is 12.4 Å². The Morgan fingerprint density at radius 3 is 2.40 bits per heavy atom. The number of alkyl halides is 3. The maximum absolute atomic E-state index is 12.4. The molecule has 0 bridgehead atoms. The molecule has 1 rings (SSSR count). The lowest BCUT2D eigenvalue weighted by molar-refractivity contribution is -0.137. The molecular formula is C12H16F3NO3S. The number of rotatable bonds is 6. The molecule has 4 nitrogen and oxygen atoms in total. The number of ether oxygens (including phenoxy) is 1. The van der Waals surface area contributed by atoms with Gasteiger partial charge in [-0.25, -0.2) is 8.42 Å². The lowest BCUT2D eigenvalue weighted by Crippen LogP contribution is -2.17. The SMILES string of the molecule is CCCS(=O)(=O)CCOc1ccc(C(F)(F)F)cc1N. The largest absolute Gasteiger partial charge is 0.490 e. The number of hydrogen-bond donors (Lipinski definition) is 1. The van der Waals surface area contributed by atoms with Crippen LogP contribution in [0.3, 0.4) is 0 Å². The van der Waals surface area contributed by atoms with Crippen LogP contribution in [0.25, 0.3) is 0 Å². The monoisotopic (exact) mass is 311 g/mol. The van der Waals surface area contributed by atoms with Crippen LogP contribution in [0.5, 0.6) is 5.75 Å². The van der Waals surface area contributed by atoms with Crippen molar-refractivity contribution < 1.29 is 26.3 Å². The minimum Gasteiger partial charge on any atom is -0.490 e. The number of anilines is 1. The van der Waals surface area contributed by atoms with Crippen LogP contribution in [0.2, 0.25) is 0 Å². The molecule has 0 atom stereocenters. The summed E-state index contributed by atoms with van der Waals surface area (Å²) in [7, 11) is -3.19. The lowest BCUT2D eigenvalue weighted by Gasteiger charge is -2.12. The van der Waals surface area contributed by atoms with Crippen LogP contribution < -0.4 is 10.5 Å². The highest BCUT2D eigenvalue weighted by molar-refractivity contribution is 7.91. The molecule has 0 radical (unpaired) electrons. The Bertz CT molecular complexity index is 556. The third-order valence-corrected chi connectivity index (χ3v) is 4.32. The predicted octanol–water partition coefficient (Wildman–Crippen LogP) is 2.49. The molecule has 0 saturated heterocycles. The molecule has 1 aromatic carbocycles. The van der Waals surface area contributed by atoms with Gasteiger partial charge in [0, 0.05) is 0 Å². The van der Waals surface area contributed by atoms with Crippen molar-refractivity contribution >= 4 is 15.5 Å². The van der Waals surface area contributed by atoms with Crippen LogP contribution >= 0.6 is 0 Å². The average molecular weight is 311 g/mol. The van der Waals surface area contributed by atoms with Gasteiger partial charge in [0.05, 0.1) is 22.8 Å². The average Bonchev–Trinajstić information content (AvgIpc) is 2.29. The summed E-state index contributed by atoms with van der Waals surface area (Å²) in [6.45, 7) is 1.60. The molecule has 0 unspecified atom stereocenters.